The summed E-state index contributed by atoms with van der Waals surface area (Å²) in [5.74, 6) is 0.589. The van der Waals surface area contributed by atoms with Crippen molar-refractivity contribution in [2.45, 2.75) is 27.2 Å². The van der Waals surface area contributed by atoms with Gasteiger partial charge in [0.25, 0.3) is 6.47 Å². The topological polar surface area (TPSA) is 26.3 Å². The van der Waals surface area contributed by atoms with E-state index in [0.29, 0.717) is 19.0 Å². The monoisotopic (exact) mass is 156 g/mol. The molecular formula is C9H16O2. The molecule has 0 spiro atoms. The van der Waals surface area contributed by atoms with Gasteiger partial charge in [-0.3, -0.25) is 4.79 Å². The number of allylic oxidation sites excluding steroid dienone is 1. The minimum Gasteiger partial charge on any atom is -0.468 e. The average Bonchev–Trinajstić information content (AvgIpc) is 1.97. The minimum atomic E-state index is 0.485. The molecule has 0 fully saturated rings. The first-order valence-corrected chi connectivity index (χ1v) is 3.90. The molecule has 0 N–H and O–H groups in total. The Morgan fingerprint density at radius 3 is 2.64 bits per heavy atom. The molecule has 0 aromatic heterocycles. The van der Waals surface area contributed by atoms with Gasteiger partial charge in [0.2, 0.25) is 0 Å². The van der Waals surface area contributed by atoms with Crippen LogP contribution in [0.4, 0.5) is 0 Å². The van der Waals surface area contributed by atoms with E-state index in [-0.39, 0.29) is 0 Å². The number of hydrogen-bond donors (Lipinski definition) is 0. The van der Waals surface area contributed by atoms with E-state index >= 15 is 0 Å². The Hall–Kier alpha value is -0.790. The summed E-state index contributed by atoms with van der Waals surface area (Å²) in [6.45, 7) is 7.36. The second-order valence-corrected chi connectivity index (χ2v) is 2.86. The molecule has 64 valence electrons. The highest BCUT2D eigenvalue weighted by Crippen LogP contribution is 2.08. The highest BCUT2D eigenvalue weighted by atomic mass is 16.5. The largest absolute Gasteiger partial charge is 0.468 e. The summed E-state index contributed by atoms with van der Waals surface area (Å²) in [6, 6.07) is 0. The molecule has 0 saturated carbocycles. The van der Waals surface area contributed by atoms with Crippen LogP contribution >= 0.6 is 0 Å². The molecular weight excluding hydrogens is 140 g/mol. The van der Waals surface area contributed by atoms with Gasteiger partial charge in [0, 0.05) is 0 Å². The Bertz CT molecular complexity index is 136. The summed E-state index contributed by atoms with van der Waals surface area (Å²) < 4.78 is 4.54. The molecule has 2 nitrogen and oxygen atoms in total. The summed E-state index contributed by atoms with van der Waals surface area (Å²) in [5, 5.41) is 0. The fraction of sp³-hybridized carbons (Fsp3) is 0.667. The summed E-state index contributed by atoms with van der Waals surface area (Å²) in [5.41, 5.74) is 1.35. The second-order valence-electron chi connectivity index (χ2n) is 2.86. The van der Waals surface area contributed by atoms with Crippen LogP contribution in [0, 0.1) is 5.92 Å². The first-order chi connectivity index (χ1) is 5.18. The first kappa shape index (κ1) is 10.2. The van der Waals surface area contributed by atoms with Crippen LogP contribution in [0.5, 0.6) is 0 Å². The molecule has 2 heteroatoms. The van der Waals surface area contributed by atoms with Crippen molar-refractivity contribution in [3.63, 3.8) is 0 Å². The smallest absolute Gasteiger partial charge is 0.293 e. The van der Waals surface area contributed by atoms with Gasteiger partial charge in [0.15, 0.2) is 0 Å². The zero-order valence-corrected chi connectivity index (χ0v) is 7.46. The lowest BCUT2D eigenvalue weighted by atomic mass is 10.0. The van der Waals surface area contributed by atoms with Crippen molar-refractivity contribution >= 4 is 6.47 Å². The van der Waals surface area contributed by atoms with E-state index in [9.17, 15) is 4.79 Å². The van der Waals surface area contributed by atoms with E-state index < -0.39 is 0 Å². The molecule has 0 aliphatic carbocycles. The third-order valence-corrected chi connectivity index (χ3v) is 1.68. The van der Waals surface area contributed by atoms with Crippen LogP contribution in [0.1, 0.15) is 27.2 Å². The summed E-state index contributed by atoms with van der Waals surface area (Å²) in [4.78, 5) is 9.74. The third kappa shape index (κ3) is 5.64. The van der Waals surface area contributed by atoms with E-state index in [0.717, 1.165) is 6.42 Å². The molecule has 0 radical (unpaired) electrons. The highest BCUT2D eigenvalue weighted by molar-refractivity contribution is 5.36. The Morgan fingerprint density at radius 1 is 1.55 bits per heavy atom. The van der Waals surface area contributed by atoms with Crippen LogP contribution < -0.4 is 0 Å². The lowest BCUT2D eigenvalue weighted by Gasteiger charge is -2.03. The van der Waals surface area contributed by atoms with Crippen LogP contribution in [0.2, 0.25) is 0 Å². The zero-order valence-electron chi connectivity index (χ0n) is 7.46. The minimum absolute atomic E-state index is 0.485. The van der Waals surface area contributed by atoms with Gasteiger partial charge in [-0.25, -0.2) is 0 Å². The van der Waals surface area contributed by atoms with Crippen molar-refractivity contribution in [1.29, 1.82) is 0 Å². The molecule has 0 heterocycles. The molecule has 0 aliphatic rings. The van der Waals surface area contributed by atoms with E-state index in [2.05, 4.69) is 31.6 Å². The van der Waals surface area contributed by atoms with Crippen LogP contribution in [0.3, 0.4) is 0 Å². The SMILES string of the molecule is C/C(=C\CCOC=O)C(C)C. The van der Waals surface area contributed by atoms with E-state index in [4.69, 9.17) is 0 Å². The van der Waals surface area contributed by atoms with Crippen LogP contribution in [0.25, 0.3) is 0 Å². The number of carbonyl (C=O) groups excluding carboxylic acids is 1. The molecule has 0 unspecified atom stereocenters. The van der Waals surface area contributed by atoms with Gasteiger partial charge >= 0.3 is 0 Å². The summed E-state index contributed by atoms with van der Waals surface area (Å²) in [7, 11) is 0. The molecule has 0 aromatic carbocycles. The maximum Gasteiger partial charge on any atom is 0.293 e. The maximum absolute atomic E-state index is 9.74. The average molecular weight is 156 g/mol. The van der Waals surface area contributed by atoms with Gasteiger partial charge in [-0.05, 0) is 19.3 Å². The predicted molar refractivity (Wildman–Crippen MR) is 45.2 cm³/mol. The fourth-order valence-electron chi connectivity index (χ4n) is 0.638. The third-order valence-electron chi connectivity index (χ3n) is 1.68. The quantitative estimate of drug-likeness (QED) is 0.346. The Morgan fingerprint density at radius 2 is 2.18 bits per heavy atom. The van der Waals surface area contributed by atoms with Gasteiger partial charge in [-0.15, -0.1) is 0 Å². The van der Waals surface area contributed by atoms with Crippen molar-refractivity contribution in [3.05, 3.63) is 11.6 Å². The molecule has 0 amide bonds. The van der Waals surface area contributed by atoms with Crippen molar-refractivity contribution in [2.24, 2.45) is 5.92 Å². The second kappa shape index (κ2) is 5.96. The van der Waals surface area contributed by atoms with E-state index in [1.807, 2.05) is 0 Å². The molecule has 11 heavy (non-hydrogen) atoms. The maximum atomic E-state index is 9.74. The predicted octanol–water partition coefficient (Wildman–Crippen LogP) is 2.15. The zero-order chi connectivity index (χ0) is 8.69. The first-order valence-electron chi connectivity index (χ1n) is 3.90. The van der Waals surface area contributed by atoms with E-state index in [1.54, 1.807) is 0 Å². The van der Waals surface area contributed by atoms with Gasteiger partial charge in [0.05, 0.1) is 6.61 Å². The highest BCUT2D eigenvalue weighted by Gasteiger charge is 1.94. The fourth-order valence-corrected chi connectivity index (χ4v) is 0.638. The lowest BCUT2D eigenvalue weighted by Crippen LogP contribution is -1.92. The van der Waals surface area contributed by atoms with E-state index in [1.165, 1.54) is 5.57 Å². The van der Waals surface area contributed by atoms with Gasteiger partial charge in [-0.2, -0.15) is 0 Å². The van der Waals surface area contributed by atoms with Crippen molar-refractivity contribution in [3.8, 4) is 0 Å². The van der Waals surface area contributed by atoms with Crippen LogP contribution in [0.15, 0.2) is 11.6 Å². The van der Waals surface area contributed by atoms with Gasteiger partial charge in [0.1, 0.15) is 0 Å². The Kier molecular flexibility index (Phi) is 5.53. The summed E-state index contributed by atoms with van der Waals surface area (Å²) in [6.07, 6.45) is 2.93. The summed E-state index contributed by atoms with van der Waals surface area (Å²) >= 11 is 0. The van der Waals surface area contributed by atoms with Gasteiger partial charge in [-0.1, -0.05) is 25.5 Å². The normalized spacial score (nSPS) is 11.8. The van der Waals surface area contributed by atoms with Crippen molar-refractivity contribution in [1.82, 2.24) is 0 Å². The molecule has 0 aromatic rings. The Balaban J connectivity index is 3.47. The van der Waals surface area contributed by atoms with Crippen molar-refractivity contribution < 1.29 is 9.53 Å². The Labute approximate surface area is 68.2 Å². The molecule has 0 saturated heterocycles. The van der Waals surface area contributed by atoms with Crippen LogP contribution in [-0.2, 0) is 9.53 Å². The number of ether oxygens (including phenoxy) is 1. The standard InChI is InChI=1S/C9H16O2/c1-8(2)9(3)5-4-6-11-7-10/h5,7-8H,4,6H2,1-3H3/b9-5+. The van der Waals surface area contributed by atoms with Crippen LogP contribution in [-0.4, -0.2) is 13.1 Å². The number of carbonyl (C=O) groups is 1. The number of rotatable bonds is 5. The van der Waals surface area contributed by atoms with Gasteiger partial charge < -0.3 is 4.74 Å². The molecule has 0 bridgehead atoms. The van der Waals surface area contributed by atoms with Crippen molar-refractivity contribution in [2.75, 3.05) is 6.61 Å². The molecule has 0 rings (SSSR count). The molecule has 0 aliphatic heterocycles. The molecule has 0 atom stereocenters. The number of hydrogen-bond acceptors (Lipinski definition) is 2. The lowest BCUT2D eigenvalue weighted by molar-refractivity contribution is -0.128.